The van der Waals surface area contributed by atoms with Gasteiger partial charge in [0.05, 0.1) is 0 Å². The van der Waals surface area contributed by atoms with Crippen LogP contribution in [0.4, 0.5) is 0 Å². The van der Waals surface area contributed by atoms with Crippen LogP contribution in [0, 0.1) is 0 Å². The fraction of sp³-hybridized carbons (Fsp3) is 0.308. The molecule has 0 saturated heterocycles. The second kappa shape index (κ2) is 5.75. The number of allylic oxidation sites excluding steroid dienone is 1. The van der Waals surface area contributed by atoms with Crippen molar-refractivity contribution in [1.82, 2.24) is 4.72 Å². The minimum atomic E-state index is 0.0819. The Kier molecular flexibility index (Phi) is 4.05. The standard InChI is InChI=1S/C13H15NOS/c15-13(12-8-4-5-9-12)14-16-10-11-6-2-1-3-7-11/h1-3,6-8H,4-5,9-10H2,(H,14,15). The monoisotopic (exact) mass is 233 g/mol. The molecule has 2 nitrogen and oxygen atoms in total. The fourth-order valence-corrected chi connectivity index (χ4v) is 2.40. The number of carbonyl (C=O) groups excluding carboxylic acids is 1. The minimum Gasteiger partial charge on any atom is -0.296 e. The zero-order chi connectivity index (χ0) is 11.2. The average molecular weight is 233 g/mol. The van der Waals surface area contributed by atoms with Crippen molar-refractivity contribution < 1.29 is 4.79 Å². The van der Waals surface area contributed by atoms with E-state index in [0.717, 1.165) is 30.6 Å². The first-order valence-corrected chi connectivity index (χ1v) is 6.50. The number of amides is 1. The summed E-state index contributed by atoms with van der Waals surface area (Å²) in [6, 6.07) is 10.1. The molecule has 0 aromatic heterocycles. The fourth-order valence-electron chi connectivity index (χ4n) is 1.70. The summed E-state index contributed by atoms with van der Waals surface area (Å²) in [4.78, 5) is 11.6. The molecule has 16 heavy (non-hydrogen) atoms. The summed E-state index contributed by atoms with van der Waals surface area (Å²) in [5, 5.41) is 0. The van der Waals surface area contributed by atoms with Crippen LogP contribution in [0.2, 0.25) is 0 Å². The molecule has 0 bridgehead atoms. The lowest BCUT2D eigenvalue weighted by Gasteiger charge is -2.04. The molecule has 0 unspecified atom stereocenters. The summed E-state index contributed by atoms with van der Waals surface area (Å²) in [5.74, 6) is 0.901. The minimum absolute atomic E-state index is 0.0819. The Bertz CT molecular complexity index is 386. The van der Waals surface area contributed by atoms with Gasteiger partial charge in [-0.25, -0.2) is 0 Å². The zero-order valence-corrected chi connectivity index (χ0v) is 9.93. The highest BCUT2D eigenvalue weighted by Gasteiger charge is 2.12. The molecule has 0 radical (unpaired) electrons. The van der Waals surface area contributed by atoms with Crippen LogP contribution in [0.1, 0.15) is 24.8 Å². The van der Waals surface area contributed by atoms with E-state index in [9.17, 15) is 4.79 Å². The third kappa shape index (κ3) is 3.14. The van der Waals surface area contributed by atoms with E-state index in [1.165, 1.54) is 17.5 Å². The first-order valence-electron chi connectivity index (χ1n) is 5.51. The van der Waals surface area contributed by atoms with Gasteiger partial charge in [0, 0.05) is 11.3 Å². The van der Waals surface area contributed by atoms with Gasteiger partial charge in [-0.3, -0.25) is 9.52 Å². The van der Waals surface area contributed by atoms with E-state index >= 15 is 0 Å². The molecule has 0 atom stereocenters. The van der Waals surface area contributed by atoms with E-state index in [2.05, 4.69) is 16.9 Å². The third-order valence-corrected chi connectivity index (χ3v) is 3.39. The predicted molar refractivity (Wildman–Crippen MR) is 67.8 cm³/mol. The summed E-state index contributed by atoms with van der Waals surface area (Å²) in [6.07, 6.45) is 5.13. The van der Waals surface area contributed by atoms with E-state index in [1.807, 2.05) is 24.3 Å². The largest absolute Gasteiger partial charge is 0.296 e. The molecule has 1 amide bonds. The molecule has 1 aromatic rings. The number of hydrogen-bond donors (Lipinski definition) is 1. The number of benzene rings is 1. The molecular formula is C13H15NOS. The Morgan fingerprint density at radius 3 is 2.81 bits per heavy atom. The molecule has 0 aliphatic heterocycles. The Hall–Kier alpha value is -1.22. The van der Waals surface area contributed by atoms with Crippen molar-refractivity contribution in [3.63, 3.8) is 0 Å². The van der Waals surface area contributed by atoms with Crippen LogP contribution in [-0.2, 0) is 10.5 Å². The van der Waals surface area contributed by atoms with Crippen molar-refractivity contribution in [2.45, 2.75) is 25.0 Å². The maximum Gasteiger partial charge on any atom is 0.256 e. The van der Waals surface area contributed by atoms with Gasteiger partial charge in [0.2, 0.25) is 0 Å². The molecule has 2 rings (SSSR count). The van der Waals surface area contributed by atoms with E-state index in [-0.39, 0.29) is 5.91 Å². The Morgan fingerprint density at radius 2 is 2.12 bits per heavy atom. The van der Waals surface area contributed by atoms with Gasteiger partial charge in [-0.2, -0.15) is 0 Å². The molecule has 0 saturated carbocycles. The number of carbonyl (C=O) groups is 1. The van der Waals surface area contributed by atoms with Crippen LogP contribution in [0.15, 0.2) is 42.0 Å². The van der Waals surface area contributed by atoms with Crippen molar-refractivity contribution >= 4 is 17.9 Å². The van der Waals surface area contributed by atoms with Crippen LogP contribution in [-0.4, -0.2) is 5.91 Å². The Morgan fingerprint density at radius 1 is 1.31 bits per heavy atom. The van der Waals surface area contributed by atoms with Crippen LogP contribution >= 0.6 is 11.9 Å². The predicted octanol–water partition coefficient (Wildman–Crippen LogP) is 3.06. The molecule has 1 N–H and O–H groups in total. The van der Waals surface area contributed by atoms with Crippen molar-refractivity contribution in [1.29, 1.82) is 0 Å². The van der Waals surface area contributed by atoms with Crippen molar-refractivity contribution in [2.24, 2.45) is 0 Å². The first-order chi connectivity index (χ1) is 7.86. The lowest BCUT2D eigenvalue weighted by Crippen LogP contribution is -2.17. The molecule has 1 aromatic carbocycles. The summed E-state index contributed by atoms with van der Waals surface area (Å²) in [6.45, 7) is 0. The zero-order valence-electron chi connectivity index (χ0n) is 9.11. The van der Waals surface area contributed by atoms with Crippen LogP contribution in [0.3, 0.4) is 0 Å². The smallest absolute Gasteiger partial charge is 0.256 e. The maximum absolute atomic E-state index is 11.6. The molecule has 84 valence electrons. The summed E-state index contributed by atoms with van der Waals surface area (Å²) in [5.41, 5.74) is 2.17. The van der Waals surface area contributed by atoms with E-state index in [4.69, 9.17) is 0 Å². The van der Waals surface area contributed by atoms with Crippen molar-refractivity contribution in [3.05, 3.63) is 47.5 Å². The van der Waals surface area contributed by atoms with Gasteiger partial charge < -0.3 is 0 Å². The van der Waals surface area contributed by atoms with Crippen LogP contribution in [0.5, 0.6) is 0 Å². The van der Waals surface area contributed by atoms with Gasteiger partial charge in [-0.1, -0.05) is 36.4 Å². The topological polar surface area (TPSA) is 29.1 Å². The van der Waals surface area contributed by atoms with Gasteiger partial charge in [-0.15, -0.1) is 0 Å². The lowest BCUT2D eigenvalue weighted by atomic mass is 10.2. The molecule has 1 aliphatic rings. The Balaban J connectivity index is 1.74. The van der Waals surface area contributed by atoms with Gasteiger partial charge >= 0.3 is 0 Å². The second-order valence-corrected chi connectivity index (χ2v) is 4.61. The molecular weight excluding hydrogens is 218 g/mol. The van der Waals surface area contributed by atoms with Crippen molar-refractivity contribution in [2.75, 3.05) is 0 Å². The maximum atomic E-state index is 11.6. The quantitative estimate of drug-likeness (QED) is 0.810. The summed E-state index contributed by atoms with van der Waals surface area (Å²) < 4.78 is 2.88. The molecule has 3 heteroatoms. The normalized spacial score (nSPS) is 14.6. The summed E-state index contributed by atoms with van der Waals surface area (Å²) in [7, 11) is 0. The van der Waals surface area contributed by atoms with E-state index in [1.54, 1.807) is 0 Å². The van der Waals surface area contributed by atoms with Gasteiger partial charge in [0.15, 0.2) is 0 Å². The van der Waals surface area contributed by atoms with Crippen LogP contribution < -0.4 is 4.72 Å². The highest BCUT2D eigenvalue weighted by Crippen LogP contribution is 2.18. The second-order valence-electron chi connectivity index (χ2n) is 3.83. The Labute approximate surface area is 100 Å². The van der Waals surface area contributed by atoms with Crippen LogP contribution in [0.25, 0.3) is 0 Å². The van der Waals surface area contributed by atoms with Gasteiger partial charge in [0.1, 0.15) is 0 Å². The van der Waals surface area contributed by atoms with Gasteiger partial charge in [-0.05, 0) is 36.8 Å². The van der Waals surface area contributed by atoms with Gasteiger partial charge in [0.25, 0.3) is 5.91 Å². The number of hydrogen-bond acceptors (Lipinski definition) is 2. The SMILES string of the molecule is O=C(NSCc1ccccc1)C1=CCCC1. The van der Waals surface area contributed by atoms with E-state index < -0.39 is 0 Å². The summed E-state index contributed by atoms with van der Waals surface area (Å²) >= 11 is 1.46. The lowest BCUT2D eigenvalue weighted by molar-refractivity contribution is -0.115. The number of rotatable bonds is 4. The molecule has 0 fully saturated rings. The molecule has 0 heterocycles. The highest BCUT2D eigenvalue weighted by atomic mass is 32.2. The number of nitrogens with one attached hydrogen (secondary N) is 1. The molecule has 1 aliphatic carbocycles. The highest BCUT2D eigenvalue weighted by molar-refractivity contribution is 7.97. The average Bonchev–Trinajstić information content (AvgIpc) is 2.84. The van der Waals surface area contributed by atoms with Crippen molar-refractivity contribution in [3.8, 4) is 0 Å². The molecule has 0 spiro atoms. The third-order valence-electron chi connectivity index (χ3n) is 2.58. The first kappa shape index (κ1) is 11.3. The van der Waals surface area contributed by atoms with E-state index in [0.29, 0.717) is 0 Å².